The minimum atomic E-state index is -0.220. The molecule has 0 bridgehead atoms. The maximum atomic E-state index is 10.1. The van der Waals surface area contributed by atoms with E-state index in [1.165, 1.54) is 12.2 Å². The Balaban J connectivity index is 2.90. The molecule has 1 rings (SSSR count). The molecule has 0 aliphatic heterocycles. The van der Waals surface area contributed by atoms with Crippen LogP contribution in [0.25, 0.3) is 0 Å². The Morgan fingerprint density at radius 1 is 1.33 bits per heavy atom. The van der Waals surface area contributed by atoms with Gasteiger partial charge in [-0.25, -0.2) is 14.6 Å². The monoisotopic (exact) mass is 202 g/mol. The molecule has 0 saturated heterocycles. The lowest BCUT2D eigenvalue weighted by atomic mass is 10.1. The third kappa shape index (κ3) is 3.31. The van der Waals surface area contributed by atoms with Crippen molar-refractivity contribution in [3.63, 3.8) is 0 Å². The quantitative estimate of drug-likeness (QED) is 0.553. The summed E-state index contributed by atoms with van der Waals surface area (Å²) in [5, 5.41) is 0. The fourth-order valence-electron chi connectivity index (χ4n) is 1.23. The predicted molar refractivity (Wildman–Crippen MR) is 54.8 cm³/mol. The SMILES string of the molecule is C[C@@H](N=C=O)c1cccc(CN=C=O)c1. The summed E-state index contributed by atoms with van der Waals surface area (Å²) in [6.07, 6.45) is 3.00. The molecule has 0 radical (unpaired) electrons. The van der Waals surface area contributed by atoms with Gasteiger partial charge in [0.2, 0.25) is 12.2 Å². The van der Waals surface area contributed by atoms with Gasteiger partial charge in [0.05, 0.1) is 12.6 Å². The molecule has 0 amide bonds. The van der Waals surface area contributed by atoms with E-state index in [1.54, 1.807) is 6.92 Å². The second kappa shape index (κ2) is 5.66. The minimum absolute atomic E-state index is 0.220. The van der Waals surface area contributed by atoms with Gasteiger partial charge in [0, 0.05) is 0 Å². The van der Waals surface area contributed by atoms with Crippen LogP contribution in [-0.4, -0.2) is 12.2 Å². The fourth-order valence-corrected chi connectivity index (χ4v) is 1.23. The smallest absolute Gasteiger partial charge is 0.211 e. The van der Waals surface area contributed by atoms with Crippen molar-refractivity contribution in [3.05, 3.63) is 35.4 Å². The van der Waals surface area contributed by atoms with E-state index >= 15 is 0 Å². The molecule has 4 nitrogen and oxygen atoms in total. The number of hydrogen-bond donors (Lipinski definition) is 0. The summed E-state index contributed by atoms with van der Waals surface area (Å²) in [4.78, 5) is 27.1. The van der Waals surface area contributed by atoms with Gasteiger partial charge in [0.15, 0.2) is 0 Å². The molecular formula is C11H10N2O2. The molecule has 0 aliphatic carbocycles. The number of carbonyl (C=O) groups excluding carboxylic acids is 2. The van der Waals surface area contributed by atoms with Crippen LogP contribution in [0.5, 0.6) is 0 Å². The van der Waals surface area contributed by atoms with Crippen molar-refractivity contribution in [1.29, 1.82) is 0 Å². The molecule has 0 fully saturated rings. The van der Waals surface area contributed by atoms with Crippen LogP contribution in [0.3, 0.4) is 0 Å². The maximum Gasteiger partial charge on any atom is 0.235 e. The molecule has 0 saturated carbocycles. The average Bonchev–Trinajstić information content (AvgIpc) is 2.27. The Hall–Kier alpha value is -2.02. The summed E-state index contributed by atoms with van der Waals surface area (Å²) < 4.78 is 0. The van der Waals surface area contributed by atoms with Gasteiger partial charge in [-0.05, 0) is 18.1 Å². The van der Waals surface area contributed by atoms with Crippen molar-refractivity contribution in [2.75, 3.05) is 0 Å². The third-order valence-electron chi connectivity index (χ3n) is 2.01. The van der Waals surface area contributed by atoms with E-state index < -0.39 is 0 Å². The van der Waals surface area contributed by atoms with Crippen LogP contribution in [-0.2, 0) is 16.1 Å². The zero-order valence-corrected chi connectivity index (χ0v) is 8.30. The highest BCUT2D eigenvalue weighted by molar-refractivity contribution is 5.37. The zero-order valence-electron chi connectivity index (χ0n) is 8.30. The van der Waals surface area contributed by atoms with Gasteiger partial charge >= 0.3 is 0 Å². The predicted octanol–water partition coefficient (Wildman–Crippen LogP) is 1.92. The van der Waals surface area contributed by atoms with Gasteiger partial charge in [0.25, 0.3) is 0 Å². The van der Waals surface area contributed by atoms with Crippen LogP contribution in [0.2, 0.25) is 0 Å². The molecule has 0 spiro atoms. The first-order valence-corrected chi connectivity index (χ1v) is 4.47. The Bertz CT molecular complexity index is 430. The lowest BCUT2D eigenvalue weighted by molar-refractivity contribution is 0.559. The molecule has 4 heteroatoms. The summed E-state index contributed by atoms with van der Waals surface area (Å²) in [6, 6.07) is 7.18. The number of hydrogen-bond acceptors (Lipinski definition) is 4. The minimum Gasteiger partial charge on any atom is -0.211 e. The third-order valence-corrected chi connectivity index (χ3v) is 2.01. The van der Waals surface area contributed by atoms with Gasteiger partial charge < -0.3 is 0 Å². The van der Waals surface area contributed by atoms with Gasteiger partial charge in [-0.2, -0.15) is 4.99 Å². The van der Waals surface area contributed by atoms with Gasteiger partial charge in [0.1, 0.15) is 0 Å². The van der Waals surface area contributed by atoms with Crippen LogP contribution in [0.1, 0.15) is 24.1 Å². The Morgan fingerprint density at radius 3 is 2.80 bits per heavy atom. The van der Waals surface area contributed by atoms with Crippen molar-refractivity contribution < 1.29 is 9.59 Å². The molecule has 15 heavy (non-hydrogen) atoms. The topological polar surface area (TPSA) is 58.9 Å². The first-order chi connectivity index (χ1) is 7.27. The van der Waals surface area contributed by atoms with E-state index in [0.29, 0.717) is 6.54 Å². The largest absolute Gasteiger partial charge is 0.235 e. The summed E-state index contributed by atoms with van der Waals surface area (Å²) in [7, 11) is 0. The zero-order chi connectivity index (χ0) is 11.1. The Labute approximate surface area is 87.4 Å². The molecule has 0 aromatic heterocycles. The molecule has 0 aliphatic rings. The highest BCUT2D eigenvalue weighted by atomic mass is 16.1. The van der Waals surface area contributed by atoms with E-state index in [0.717, 1.165) is 11.1 Å². The Kier molecular flexibility index (Phi) is 4.17. The lowest BCUT2D eigenvalue weighted by Gasteiger charge is -2.05. The van der Waals surface area contributed by atoms with E-state index in [9.17, 15) is 9.59 Å². The van der Waals surface area contributed by atoms with Gasteiger partial charge in [-0.1, -0.05) is 24.3 Å². The van der Waals surface area contributed by atoms with Crippen molar-refractivity contribution in [2.24, 2.45) is 9.98 Å². The number of isocyanates is 2. The van der Waals surface area contributed by atoms with Crippen LogP contribution in [0, 0.1) is 0 Å². The first kappa shape index (κ1) is 11.1. The normalized spacial score (nSPS) is 11.0. The van der Waals surface area contributed by atoms with Crippen LogP contribution >= 0.6 is 0 Å². The van der Waals surface area contributed by atoms with Gasteiger partial charge in [-0.15, -0.1) is 0 Å². The molecule has 0 unspecified atom stereocenters. The van der Waals surface area contributed by atoms with E-state index in [2.05, 4.69) is 9.98 Å². The Morgan fingerprint density at radius 2 is 2.13 bits per heavy atom. The second-order valence-electron chi connectivity index (χ2n) is 3.05. The first-order valence-electron chi connectivity index (χ1n) is 4.47. The lowest BCUT2D eigenvalue weighted by Crippen LogP contribution is -1.91. The van der Waals surface area contributed by atoms with Gasteiger partial charge in [-0.3, -0.25) is 0 Å². The highest BCUT2D eigenvalue weighted by Gasteiger charge is 2.03. The van der Waals surface area contributed by atoms with E-state index in [4.69, 9.17) is 0 Å². The number of nitrogens with zero attached hydrogens (tertiary/aromatic N) is 2. The second-order valence-corrected chi connectivity index (χ2v) is 3.05. The van der Waals surface area contributed by atoms with E-state index in [-0.39, 0.29) is 6.04 Å². The van der Waals surface area contributed by atoms with Crippen LogP contribution in [0.4, 0.5) is 0 Å². The van der Waals surface area contributed by atoms with Crippen LogP contribution in [0.15, 0.2) is 34.3 Å². The molecule has 1 aromatic rings. The van der Waals surface area contributed by atoms with Crippen LogP contribution < -0.4 is 0 Å². The molecular weight excluding hydrogens is 192 g/mol. The number of rotatable bonds is 4. The summed E-state index contributed by atoms with van der Waals surface area (Å²) in [5.74, 6) is 0. The number of aliphatic imine (C=N–C) groups is 2. The van der Waals surface area contributed by atoms with E-state index in [1.807, 2.05) is 24.3 Å². The van der Waals surface area contributed by atoms with Crippen molar-refractivity contribution in [2.45, 2.75) is 19.5 Å². The molecule has 0 heterocycles. The molecule has 1 aromatic carbocycles. The average molecular weight is 202 g/mol. The fraction of sp³-hybridized carbons (Fsp3) is 0.273. The summed E-state index contributed by atoms with van der Waals surface area (Å²) in [6.45, 7) is 2.10. The molecule has 0 N–H and O–H groups in total. The summed E-state index contributed by atoms with van der Waals surface area (Å²) in [5.41, 5.74) is 1.79. The molecule has 1 atom stereocenters. The van der Waals surface area contributed by atoms with Crippen molar-refractivity contribution >= 4 is 12.2 Å². The van der Waals surface area contributed by atoms with Crippen molar-refractivity contribution in [1.82, 2.24) is 0 Å². The number of benzene rings is 1. The molecule has 76 valence electrons. The van der Waals surface area contributed by atoms with Crippen molar-refractivity contribution in [3.8, 4) is 0 Å². The maximum absolute atomic E-state index is 10.1. The highest BCUT2D eigenvalue weighted by Crippen LogP contribution is 2.17. The summed E-state index contributed by atoms with van der Waals surface area (Å²) >= 11 is 0. The standard InChI is InChI=1S/C11H10N2O2/c1-9(13-8-15)11-4-2-3-10(5-11)6-12-7-14/h2-5,9H,6H2,1H3/t9-/m1/s1.